The standard InChI is InChI=1S/C24H23N3O3/c28-23(25-16-15-19-7-3-1-4-8-19)24(29)27-26-17-20-11-13-22(14-12-20)30-18-21-9-5-2-6-10-21/h1-14,17H,15-16,18H2,(H,25,28)(H,27,29)/b26-17+. The van der Waals surface area contributed by atoms with Crippen molar-refractivity contribution >= 4 is 18.0 Å². The zero-order valence-corrected chi connectivity index (χ0v) is 16.5. The minimum Gasteiger partial charge on any atom is -0.489 e. The minimum atomic E-state index is -0.804. The summed E-state index contributed by atoms with van der Waals surface area (Å²) in [5.41, 5.74) is 5.18. The van der Waals surface area contributed by atoms with Gasteiger partial charge in [0.1, 0.15) is 12.4 Å². The van der Waals surface area contributed by atoms with E-state index in [0.717, 1.165) is 22.4 Å². The lowest BCUT2D eigenvalue weighted by Crippen LogP contribution is -2.38. The summed E-state index contributed by atoms with van der Waals surface area (Å²) >= 11 is 0. The van der Waals surface area contributed by atoms with Crippen LogP contribution in [-0.4, -0.2) is 24.6 Å². The molecule has 152 valence electrons. The molecule has 0 atom stereocenters. The molecular weight excluding hydrogens is 378 g/mol. The Bertz CT molecular complexity index is 972. The molecule has 0 aliphatic rings. The second kappa shape index (κ2) is 11.2. The molecule has 0 radical (unpaired) electrons. The SMILES string of the molecule is O=C(NCCc1ccccc1)C(=O)N/N=C/c1ccc(OCc2ccccc2)cc1. The number of benzene rings is 3. The first kappa shape index (κ1) is 20.8. The largest absolute Gasteiger partial charge is 0.489 e. The molecule has 0 aliphatic heterocycles. The van der Waals surface area contributed by atoms with Gasteiger partial charge in [0.15, 0.2) is 0 Å². The van der Waals surface area contributed by atoms with Crippen LogP contribution < -0.4 is 15.5 Å². The van der Waals surface area contributed by atoms with E-state index in [9.17, 15) is 9.59 Å². The highest BCUT2D eigenvalue weighted by Crippen LogP contribution is 2.13. The van der Waals surface area contributed by atoms with E-state index in [4.69, 9.17) is 4.74 Å². The first-order valence-corrected chi connectivity index (χ1v) is 9.62. The van der Waals surface area contributed by atoms with E-state index in [1.165, 1.54) is 6.21 Å². The van der Waals surface area contributed by atoms with Crippen molar-refractivity contribution in [3.8, 4) is 5.75 Å². The Morgan fingerprint density at radius 2 is 1.43 bits per heavy atom. The van der Waals surface area contributed by atoms with Crippen LogP contribution >= 0.6 is 0 Å². The zero-order valence-electron chi connectivity index (χ0n) is 16.5. The summed E-state index contributed by atoms with van der Waals surface area (Å²) in [5, 5.41) is 6.40. The summed E-state index contributed by atoms with van der Waals surface area (Å²) in [4.78, 5) is 23.6. The maximum absolute atomic E-state index is 11.8. The fraction of sp³-hybridized carbons (Fsp3) is 0.125. The van der Waals surface area contributed by atoms with Crippen LogP contribution in [0.25, 0.3) is 0 Å². The lowest BCUT2D eigenvalue weighted by atomic mass is 10.1. The summed E-state index contributed by atoms with van der Waals surface area (Å²) in [6.07, 6.45) is 2.12. The Kier molecular flexibility index (Phi) is 7.74. The molecule has 0 bridgehead atoms. The van der Waals surface area contributed by atoms with E-state index in [0.29, 0.717) is 19.6 Å². The molecule has 0 aromatic heterocycles. The molecule has 0 unspecified atom stereocenters. The molecule has 2 amide bonds. The van der Waals surface area contributed by atoms with Gasteiger partial charge >= 0.3 is 11.8 Å². The van der Waals surface area contributed by atoms with E-state index in [-0.39, 0.29) is 0 Å². The smallest absolute Gasteiger partial charge is 0.329 e. The third kappa shape index (κ3) is 6.91. The first-order chi connectivity index (χ1) is 14.7. The quantitative estimate of drug-likeness (QED) is 0.346. The number of ether oxygens (including phenoxy) is 1. The highest BCUT2D eigenvalue weighted by atomic mass is 16.5. The topological polar surface area (TPSA) is 79.8 Å². The molecule has 3 rings (SSSR count). The van der Waals surface area contributed by atoms with Gasteiger partial charge in [0.25, 0.3) is 0 Å². The number of rotatable bonds is 8. The molecule has 3 aromatic carbocycles. The van der Waals surface area contributed by atoms with E-state index < -0.39 is 11.8 Å². The summed E-state index contributed by atoms with van der Waals surface area (Å²) in [6.45, 7) is 0.869. The minimum absolute atomic E-state index is 0.379. The van der Waals surface area contributed by atoms with Gasteiger partial charge in [-0.2, -0.15) is 5.10 Å². The number of amides is 2. The number of nitrogens with one attached hydrogen (secondary N) is 2. The van der Waals surface area contributed by atoms with Crippen molar-refractivity contribution in [2.75, 3.05) is 6.54 Å². The maximum Gasteiger partial charge on any atom is 0.329 e. The van der Waals surface area contributed by atoms with Crippen molar-refractivity contribution in [3.05, 3.63) is 102 Å². The molecule has 0 saturated carbocycles. The first-order valence-electron chi connectivity index (χ1n) is 9.62. The van der Waals surface area contributed by atoms with Gasteiger partial charge in [-0.05, 0) is 47.4 Å². The summed E-state index contributed by atoms with van der Waals surface area (Å²) in [5.74, 6) is -0.785. The summed E-state index contributed by atoms with van der Waals surface area (Å²) in [6, 6.07) is 26.9. The highest BCUT2D eigenvalue weighted by Gasteiger charge is 2.11. The van der Waals surface area contributed by atoms with Gasteiger partial charge < -0.3 is 10.1 Å². The second-order valence-electron chi connectivity index (χ2n) is 6.53. The van der Waals surface area contributed by atoms with Crippen LogP contribution in [0.3, 0.4) is 0 Å². The molecule has 0 spiro atoms. The van der Waals surface area contributed by atoms with Gasteiger partial charge in [0.05, 0.1) is 6.21 Å². The van der Waals surface area contributed by atoms with Crippen molar-refractivity contribution in [1.82, 2.24) is 10.7 Å². The third-order valence-corrected chi connectivity index (χ3v) is 4.26. The molecule has 0 saturated heterocycles. The van der Waals surface area contributed by atoms with Gasteiger partial charge in [0, 0.05) is 6.54 Å². The Labute approximate surface area is 175 Å². The molecule has 6 heteroatoms. The number of hydrogen-bond donors (Lipinski definition) is 2. The predicted molar refractivity (Wildman–Crippen MR) is 116 cm³/mol. The van der Waals surface area contributed by atoms with E-state index in [2.05, 4.69) is 15.8 Å². The molecular formula is C24H23N3O3. The van der Waals surface area contributed by atoms with Crippen LogP contribution in [0.5, 0.6) is 5.75 Å². The van der Waals surface area contributed by atoms with Crippen molar-refractivity contribution in [2.24, 2.45) is 5.10 Å². The lowest BCUT2D eigenvalue weighted by molar-refractivity contribution is -0.139. The van der Waals surface area contributed by atoms with Crippen LogP contribution in [-0.2, 0) is 22.6 Å². The number of hydrazone groups is 1. The van der Waals surface area contributed by atoms with E-state index >= 15 is 0 Å². The van der Waals surface area contributed by atoms with Crippen molar-refractivity contribution in [1.29, 1.82) is 0 Å². The zero-order chi connectivity index (χ0) is 21.0. The fourth-order valence-electron chi connectivity index (χ4n) is 2.65. The van der Waals surface area contributed by atoms with E-state index in [1.54, 1.807) is 0 Å². The number of carbonyl (C=O) groups excluding carboxylic acids is 2. The predicted octanol–water partition coefficient (Wildman–Crippen LogP) is 3.07. The Balaban J connectivity index is 1.38. The van der Waals surface area contributed by atoms with Crippen molar-refractivity contribution < 1.29 is 14.3 Å². The van der Waals surface area contributed by atoms with Gasteiger partial charge in [-0.25, -0.2) is 5.43 Å². The molecule has 0 fully saturated rings. The summed E-state index contributed by atoms with van der Waals surface area (Å²) in [7, 11) is 0. The van der Waals surface area contributed by atoms with Gasteiger partial charge in [-0.1, -0.05) is 60.7 Å². The Morgan fingerprint density at radius 3 is 2.10 bits per heavy atom. The third-order valence-electron chi connectivity index (χ3n) is 4.26. The van der Waals surface area contributed by atoms with Gasteiger partial charge in [-0.15, -0.1) is 0 Å². The maximum atomic E-state index is 11.8. The average molecular weight is 401 g/mol. The van der Waals surface area contributed by atoms with Crippen LogP contribution in [0.15, 0.2) is 90.0 Å². The molecule has 3 aromatic rings. The van der Waals surface area contributed by atoms with Crippen LogP contribution in [0, 0.1) is 0 Å². The summed E-state index contributed by atoms with van der Waals surface area (Å²) < 4.78 is 5.72. The van der Waals surface area contributed by atoms with Gasteiger partial charge in [0.2, 0.25) is 0 Å². The van der Waals surface area contributed by atoms with Crippen molar-refractivity contribution in [2.45, 2.75) is 13.0 Å². The van der Waals surface area contributed by atoms with Gasteiger partial charge in [-0.3, -0.25) is 9.59 Å². The molecule has 30 heavy (non-hydrogen) atoms. The van der Waals surface area contributed by atoms with E-state index in [1.807, 2.05) is 84.9 Å². The Morgan fingerprint density at radius 1 is 0.800 bits per heavy atom. The fourth-order valence-corrected chi connectivity index (χ4v) is 2.65. The second-order valence-corrected chi connectivity index (χ2v) is 6.53. The monoisotopic (exact) mass is 401 g/mol. The highest BCUT2D eigenvalue weighted by molar-refractivity contribution is 6.35. The number of carbonyl (C=O) groups is 2. The molecule has 2 N–H and O–H groups in total. The lowest BCUT2D eigenvalue weighted by Gasteiger charge is -2.06. The van der Waals surface area contributed by atoms with Crippen LogP contribution in [0.1, 0.15) is 16.7 Å². The number of hydrogen-bond acceptors (Lipinski definition) is 4. The number of nitrogens with zero attached hydrogens (tertiary/aromatic N) is 1. The Hall–Kier alpha value is -3.93. The molecule has 0 aliphatic carbocycles. The van der Waals surface area contributed by atoms with Crippen molar-refractivity contribution in [3.63, 3.8) is 0 Å². The van der Waals surface area contributed by atoms with Crippen LogP contribution in [0.2, 0.25) is 0 Å². The average Bonchev–Trinajstić information content (AvgIpc) is 2.80. The normalized spacial score (nSPS) is 10.5. The molecule has 0 heterocycles. The van der Waals surface area contributed by atoms with Crippen LogP contribution in [0.4, 0.5) is 0 Å². The molecule has 6 nitrogen and oxygen atoms in total.